The molecular weight excluding hydrogens is 454 g/mol. The fraction of sp³-hybridized carbons (Fsp3) is 0.400. The van der Waals surface area contributed by atoms with Gasteiger partial charge in [-0.3, -0.25) is 14.8 Å². The van der Waals surface area contributed by atoms with E-state index in [9.17, 15) is 29.9 Å². The zero-order chi connectivity index (χ0) is 25.0. The number of aryl methyl sites for hydroxylation is 2. The maximum Gasteiger partial charge on any atom is 0.339 e. The van der Waals surface area contributed by atoms with Crippen LogP contribution >= 0.6 is 0 Å². The zero-order valence-electron chi connectivity index (χ0n) is 19.5. The van der Waals surface area contributed by atoms with Crippen molar-refractivity contribution in [3.8, 4) is 5.75 Å². The average Bonchev–Trinajstić information content (AvgIpc) is 2.81. The van der Waals surface area contributed by atoms with Gasteiger partial charge in [0, 0.05) is 54.2 Å². The number of hydrogen-bond donors (Lipinski definition) is 2. The molecule has 4 heterocycles. The lowest BCUT2D eigenvalue weighted by Crippen LogP contribution is -2.49. The molecule has 2 bridgehead atoms. The first kappa shape index (κ1) is 23.1. The van der Waals surface area contributed by atoms with Crippen LogP contribution in [0.4, 0.5) is 5.69 Å². The van der Waals surface area contributed by atoms with Gasteiger partial charge in [-0.2, -0.15) is 0 Å². The molecule has 2 aliphatic rings. The normalized spacial score (nSPS) is 19.0. The Morgan fingerprint density at radius 1 is 1.14 bits per heavy atom. The lowest BCUT2D eigenvalue weighted by Gasteiger charge is -2.43. The van der Waals surface area contributed by atoms with E-state index in [1.165, 1.54) is 10.6 Å². The Balaban J connectivity index is 1.34. The molecule has 5 rings (SSSR count). The van der Waals surface area contributed by atoms with E-state index in [1.54, 1.807) is 30.0 Å². The number of hydrogen-bond acceptors (Lipinski definition) is 8. The lowest BCUT2D eigenvalue weighted by molar-refractivity contribution is -0.133. The molecule has 1 aromatic carbocycles. The molecule has 10 heteroatoms. The number of pyridine rings is 1. The average molecular weight is 480 g/mol. The van der Waals surface area contributed by atoms with Gasteiger partial charge >= 0.3 is 5.63 Å². The van der Waals surface area contributed by atoms with Gasteiger partial charge in [0.25, 0.3) is 5.56 Å². The Morgan fingerprint density at radius 2 is 1.91 bits per heavy atom. The van der Waals surface area contributed by atoms with Crippen LogP contribution in [0.15, 0.2) is 38.3 Å². The SMILES string of the molecule is Cc1c(CCC(=O)N2C[C@H]3C[C@H](C2)c2ccc(N([O-])O)c(=O)n2C3)c(=O)oc2c(C)c(O)ccc12. The second-order valence-electron chi connectivity index (χ2n) is 9.51. The third kappa shape index (κ3) is 3.88. The van der Waals surface area contributed by atoms with Crippen LogP contribution < -0.4 is 16.4 Å². The maximum atomic E-state index is 13.1. The fourth-order valence-corrected chi connectivity index (χ4v) is 5.54. The van der Waals surface area contributed by atoms with E-state index in [1.807, 2.05) is 6.92 Å². The molecule has 0 spiro atoms. The molecule has 2 aromatic heterocycles. The van der Waals surface area contributed by atoms with Crippen molar-refractivity contribution in [2.24, 2.45) is 5.92 Å². The molecule has 3 aromatic rings. The number of anilines is 1. The van der Waals surface area contributed by atoms with Crippen molar-refractivity contribution in [1.82, 2.24) is 9.47 Å². The minimum atomic E-state index is -0.531. The van der Waals surface area contributed by atoms with Crippen LogP contribution in [0.1, 0.15) is 41.1 Å². The number of benzene rings is 1. The summed E-state index contributed by atoms with van der Waals surface area (Å²) in [5.74, 6) is -0.00964. The number of piperidine rings is 1. The van der Waals surface area contributed by atoms with Gasteiger partial charge in [-0.1, -0.05) is 0 Å². The van der Waals surface area contributed by atoms with E-state index in [0.29, 0.717) is 36.3 Å². The lowest BCUT2D eigenvalue weighted by atomic mass is 9.83. The molecular formula is C25H26N3O7-. The van der Waals surface area contributed by atoms with E-state index < -0.39 is 16.4 Å². The molecule has 0 unspecified atom stereocenters. The highest BCUT2D eigenvalue weighted by Crippen LogP contribution is 2.36. The maximum absolute atomic E-state index is 13.1. The molecule has 1 saturated heterocycles. The summed E-state index contributed by atoms with van der Waals surface area (Å²) in [5.41, 5.74) is 1.43. The van der Waals surface area contributed by atoms with Crippen LogP contribution in [0.2, 0.25) is 0 Å². The molecule has 2 atom stereocenters. The summed E-state index contributed by atoms with van der Waals surface area (Å²) in [6.07, 6.45) is 1.22. The van der Waals surface area contributed by atoms with Crippen LogP contribution in [0, 0.1) is 25.0 Å². The smallest absolute Gasteiger partial charge is 0.339 e. The van der Waals surface area contributed by atoms with Gasteiger partial charge in [-0.25, -0.2) is 4.79 Å². The summed E-state index contributed by atoms with van der Waals surface area (Å²) in [6, 6.07) is 6.25. The standard InChI is InChI=1S/C25H26N3O7/c1-13-17-3-7-21(29)14(2)23(17)35-25(32)18(13)4-8-22(30)26-10-15-9-16(12-26)19-5-6-20(28(33)34)24(31)27(19)11-15/h3,5-7,15-16,29,33H,4,8-12H2,1-2H3/q-1/t15-,16-/m1/s1. The molecule has 1 amide bonds. The van der Waals surface area contributed by atoms with Crippen LogP contribution in [-0.4, -0.2) is 38.8 Å². The Labute approximate surface area is 200 Å². The Kier molecular flexibility index (Phi) is 5.65. The van der Waals surface area contributed by atoms with E-state index in [-0.39, 0.29) is 42.0 Å². The van der Waals surface area contributed by atoms with E-state index in [2.05, 4.69) is 0 Å². The van der Waals surface area contributed by atoms with E-state index >= 15 is 0 Å². The molecule has 0 saturated carbocycles. The van der Waals surface area contributed by atoms with Gasteiger partial charge in [0.05, 0.1) is 0 Å². The second-order valence-corrected chi connectivity index (χ2v) is 9.51. The van der Waals surface area contributed by atoms with Gasteiger partial charge in [0.2, 0.25) is 5.91 Å². The Morgan fingerprint density at radius 3 is 2.66 bits per heavy atom. The number of carbonyl (C=O) groups excluding carboxylic acids is 1. The number of phenolic OH excluding ortho intramolecular Hbond substituents is 1. The predicted molar refractivity (Wildman–Crippen MR) is 128 cm³/mol. The van der Waals surface area contributed by atoms with Crippen LogP contribution in [0.3, 0.4) is 0 Å². The first-order chi connectivity index (χ1) is 16.7. The van der Waals surface area contributed by atoms with Crippen LogP contribution in [0.5, 0.6) is 5.75 Å². The number of aromatic hydroxyl groups is 1. The minimum absolute atomic E-state index is 0.0462. The van der Waals surface area contributed by atoms with Gasteiger partial charge < -0.3 is 29.4 Å². The predicted octanol–water partition coefficient (Wildman–Crippen LogP) is 2.55. The summed E-state index contributed by atoms with van der Waals surface area (Å²) in [4.78, 5) is 40.2. The quantitative estimate of drug-likeness (QED) is 0.429. The van der Waals surface area contributed by atoms with Crippen molar-refractivity contribution in [1.29, 1.82) is 0 Å². The summed E-state index contributed by atoms with van der Waals surface area (Å²) in [5, 5.41) is 30.7. The fourth-order valence-electron chi connectivity index (χ4n) is 5.54. The molecule has 35 heavy (non-hydrogen) atoms. The van der Waals surface area contributed by atoms with Crippen LogP contribution in [-0.2, 0) is 17.8 Å². The second kappa shape index (κ2) is 8.54. The first-order valence-corrected chi connectivity index (χ1v) is 11.6. The van der Waals surface area contributed by atoms with Gasteiger partial charge in [0.1, 0.15) is 17.0 Å². The van der Waals surface area contributed by atoms with Crippen molar-refractivity contribution in [2.45, 2.75) is 45.6 Å². The summed E-state index contributed by atoms with van der Waals surface area (Å²) in [6.45, 7) is 4.80. The van der Waals surface area contributed by atoms with Crippen molar-refractivity contribution >= 4 is 22.6 Å². The molecule has 2 aliphatic heterocycles. The number of amides is 1. The summed E-state index contributed by atoms with van der Waals surface area (Å²) < 4.78 is 7.01. The molecule has 10 nitrogen and oxygen atoms in total. The largest absolute Gasteiger partial charge is 0.733 e. The van der Waals surface area contributed by atoms with Gasteiger partial charge in [-0.05, 0) is 62.4 Å². The highest BCUT2D eigenvalue weighted by atomic mass is 16.8. The molecule has 0 radical (unpaired) electrons. The van der Waals surface area contributed by atoms with E-state index in [0.717, 1.165) is 23.1 Å². The number of likely N-dealkylation sites (tertiary alicyclic amines) is 1. The number of fused-ring (bicyclic) bond motifs is 5. The number of aromatic nitrogens is 1. The van der Waals surface area contributed by atoms with Crippen molar-refractivity contribution in [3.05, 3.63) is 72.6 Å². The third-order valence-corrected chi connectivity index (χ3v) is 7.41. The molecule has 1 fully saturated rings. The summed E-state index contributed by atoms with van der Waals surface area (Å²) >= 11 is 0. The topological polar surface area (TPSA) is 139 Å². The minimum Gasteiger partial charge on any atom is -0.733 e. The van der Waals surface area contributed by atoms with Crippen molar-refractivity contribution in [3.63, 3.8) is 0 Å². The highest BCUT2D eigenvalue weighted by Gasteiger charge is 2.36. The zero-order valence-corrected chi connectivity index (χ0v) is 19.5. The number of nitrogens with zero attached hydrogens (tertiary/aromatic N) is 3. The third-order valence-electron chi connectivity index (χ3n) is 7.41. The van der Waals surface area contributed by atoms with Crippen LogP contribution in [0.25, 0.3) is 11.0 Å². The van der Waals surface area contributed by atoms with E-state index in [4.69, 9.17) is 4.42 Å². The molecule has 0 aliphatic carbocycles. The van der Waals surface area contributed by atoms with Crippen molar-refractivity contribution in [2.75, 3.05) is 18.3 Å². The number of rotatable bonds is 4. The summed E-state index contributed by atoms with van der Waals surface area (Å²) in [7, 11) is 0. The monoisotopic (exact) mass is 480 g/mol. The van der Waals surface area contributed by atoms with Gasteiger partial charge in [0.15, 0.2) is 0 Å². The highest BCUT2D eigenvalue weighted by molar-refractivity contribution is 5.85. The molecule has 2 N–H and O–H groups in total. The van der Waals surface area contributed by atoms with Crippen molar-refractivity contribution < 1.29 is 19.5 Å². The Bertz CT molecular complexity index is 1460. The van der Waals surface area contributed by atoms with Gasteiger partial charge in [-0.15, -0.1) is 0 Å². The first-order valence-electron chi connectivity index (χ1n) is 11.6. The Hall–Kier alpha value is -3.63. The number of phenols is 1. The molecule has 184 valence electrons. The number of carbonyl (C=O) groups is 1.